The molecule has 156 valence electrons. The molecule has 1 unspecified atom stereocenters. The van der Waals surface area contributed by atoms with Gasteiger partial charge in [0.1, 0.15) is 0 Å². The summed E-state index contributed by atoms with van der Waals surface area (Å²) in [5.74, 6) is 1.07. The summed E-state index contributed by atoms with van der Waals surface area (Å²) >= 11 is 0. The van der Waals surface area contributed by atoms with E-state index in [1.54, 1.807) is 19.1 Å². The molecule has 0 N–H and O–H groups in total. The molecular formula is C22H34O5Si. The van der Waals surface area contributed by atoms with Crippen LogP contribution < -0.4 is 0 Å². The van der Waals surface area contributed by atoms with Crippen molar-refractivity contribution in [2.24, 2.45) is 0 Å². The number of allylic oxidation sites excluding steroid dienone is 2. The molecule has 0 aliphatic rings. The van der Waals surface area contributed by atoms with Crippen LogP contribution in [0, 0.1) is 12.3 Å². The molecule has 5 nitrogen and oxygen atoms in total. The van der Waals surface area contributed by atoms with Gasteiger partial charge in [0.05, 0.1) is 6.61 Å². The number of esters is 2. The largest absolute Gasteiger partial charge is 0.463 e. The Hall–Kier alpha value is -2.10. The highest BCUT2D eigenvalue weighted by molar-refractivity contribution is 6.74. The predicted octanol–water partition coefficient (Wildman–Crippen LogP) is 4.57. The number of carbonyl (C=O) groups is 2. The molecule has 6 heteroatoms. The summed E-state index contributed by atoms with van der Waals surface area (Å²) in [6, 6.07) is 0. The van der Waals surface area contributed by atoms with Crippen LogP contribution in [-0.4, -0.2) is 39.6 Å². The molecule has 0 aromatic rings. The van der Waals surface area contributed by atoms with Gasteiger partial charge in [-0.2, -0.15) is 0 Å². The average Bonchev–Trinajstić information content (AvgIpc) is 2.59. The van der Waals surface area contributed by atoms with E-state index in [0.29, 0.717) is 6.61 Å². The Kier molecular flexibility index (Phi) is 11.4. The van der Waals surface area contributed by atoms with Crippen LogP contribution in [0.25, 0.3) is 0 Å². The third-order valence-corrected chi connectivity index (χ3v) is 8.97. The maximum Gasteiger partial charge on any atom is 0.332 e. The second kappa shape index (κ2) is 12.4. The van der Waals surface area contributed by atoms with Gasteiger partial charge in [0, 0.05) is 18.8 Å². The fourth-order valence-corrected chi connectivity index (χ4v) is 2.81. The van der Waals surface area contributed by atoms with Crippen LogP contribution in [0.3, 0.4) is 0 Å². The third kappa shape index (κ3) is 10.9. The normalized spacial score (nSPS) is 14.1. The minimum atomic E-state index is -1.73. The summed E-state index contributed by atoms with van der Waals surface area (Å²) in [7, 11) is -1.73. The van der Waals surface area contributed by atoms with E-state index in [1.165, 1.54) is 0 Å². The Bertz CT molecular complexity index is 645. The van der Waals surface area contributed by atoms with E-state index in [9.17, 15) is 9.59 Å². The van der Waals surface area contributed by atoms with E-state index in [-0.39, 0.29) is 11.6 Å². The monoisotopic (exact) mass is 406 g/mol. The van der Waals surface area contributed by atoms with Crippen LogP contribution in [0.1, 0.15) is 41.0 Å². The van der Waals surface area contributed by atoms with E-state index < -0.39 is 26.4 Å². The molecule has 0 spiro atoms. The SMILES string of the molecule is C#CC(/C=C/C(C)=C/CCO[Si](C)(C)C(C)(C)C)OC(=O)/C=C/C(=O)OCC. The summed E-state index contributed by atoms with van der Waals surface area (Å²) in [6.45, 7) is 15.6. The third-order valence-electron chi connectivity index (χ3n) is 4.44. The molecule has 0 radical (unpaired) electrons. The zero-order valence-corrected chi connectivity index (χ0v) is 19.2. The van der Waals surface area contributed by atoms with Crippen LogP contribution in [0.2, 0.25) is 18.1 Å². The topological polar surface area (TPSA) is 61.8 Å². The standard InChI is InChI=1S/C22H34O5Si/c1-9-19(27-21(24)16-15-20(23)25-10-2)14-13-18(3)12-11-17-26-28(7,8)22(4,5)6/h1,12-16,19H,10-11,17H2,2-8H3/b14-13+,16-15+,18-12+. The Balaban J connectivity index is 4.54. The quantitative estimate of drug-likeness (QED) is 0.133. The summed E-state index contributed by atoms with van der Waals surface area (Å²) in [4.78, 5) is 22.9. The molecule has 0 bridgehead atoms. The molecule has 0 aromatic heterocycles. The molecule has 0 saturated carbocycles. The summed E-state index contributed by atoms with van der Waals surface area (Å²) < 4.78 is 15.9. The van der Waals surface area contributed by atoms with Gasteiger partial charge < -0.3 is 13.9 Å². The predicted molar refractivity (Wildman–Crippen MR) is 115 cm³/mol. The molecule has 0 aromatic carbocycles. The molecule has 0 aliphatic carbocycles. The lowest BCUT2D eigenvalue weighted by molar-refractivity contribution is -0.140. The number of hydrogen-bond donors (Lipinski definition) is 0. The van der Waals surface area contributed by atoms with Crippen LogP contribution in [0.5, 0.6) is 0 Å². The first-order valence-corrected chi connectivity index (χ1v) is 12.3. The fraction of sp³-hybridized carbons (Fsp3) is 0.545. The first kappa shape index (κ1) is 25.9. The van der Waals surface area contributed by atoms with Crippen molar-refractivity contribution in [1.82, 2.24) is 0 Å². The van der Waals surface area contributed by atoms with E-state index in [0.717, 1.165) is 24.1 Å². The van der Waals surface area contributed by atoms with Gasteiger partial charge in [-0.15, -0.1) is 6.42 Å². The van der Waals surface area contributed by atoms with E-state index in [1.807, 2.05) is 6.92 Å². The second-order valence-electron chi connectivity index (χ2n) is 7.81. The smallest absolute Gasteiger partial charge is 0.332 e. The van der Waals surface area contributed by atoms with E-state index >= 15 is 0 Å². The van der Waals surface area contributed by atoms with Crippen molar-refractivity contribution < 1.29 is 23.5 Å². The zero-order valence-electron chi connectivity index (χ0n) is 18.2. The van der Waals surface area contributed by atoms with Crippen LogP contribution in [0.15, 0.2) is 36.0 Å². The lowest BCUT2D eigenvalue weighted by Crippen LogP contribution is -2.40. The maximum absolute atomic E-state index is 11.7. The molecular weight excluding hydrogens is 372 g/mol. The van der Waals surface area contributed by atoms with Crippen molar-refractivity contribution in [2.75, 3.05) is 13.2 Å². The van der Waals surface area contributed by atoms with Crippen molar-refractivity contribution in [3.63, 3.8) is 0 Å². The minimum absolute atomic E-state index is 0.192. The highest BCUT2D eigenvalue weighted by Crippen LogP contribution is 2.36. The minimum Gasteiger partial charge on any atom is -0.463 e. The number of hydrogen-bond acceptors (Lipinski definition) is 5. The Morgan fingerprint density at radius 1 is 1.14 bits per heavy atom. The maximum atomic E-state index is 11.7. The van der Waals surface area contributed by atoms with Crippen molar-refractivity contribution in [3.05, 3.63) is 36.0 Å². The Morgan fingerprint density at radius 3 is 2.29 bits per heavy atom. The van der Waals surface area contributed by atoms with Crippen LogP contribution in [0.4, 0.5) is 0 Å². The molecule has 0 saturated heterocycles. The molecule has 28 heavy (non-hydrogen) atoms. The van der Waals surface area contributed by atoms with Crippen molar-refractivity contribution in [2.45, 2.75) is 65.3 Å². The van der Waals surface area contributed by atoms with Gasteiger partial charge in [-0.05, 0) is 44.5 Å². The van der Waals surface area contributed by atoms with E-state index in [2.05, 4.69) is 50.6 Å². The number of ether oxygens (including phenoxy) is 2. The molecule has 1 atom stereocenters. The number of rotatable bonds is 10. The highest BCUT2D eigenvalue weighted by Gasteiger charge is 2.36. The average molecular weight is 407 g/mol. The molecule has 0 fully saturated rings. The lowest BCUT2D eigenvalue weighted by atomic mass is 10.2. The second-order valence-corrected chi connectivity index (χ2v) is 12.6. The van der Waals surface area contributed by atoms with Crippen LogP contribution >= 0.6 is 0 Å². The number of carbonyl (C=O) groups excluding carboxylic acids is 2. The molecule has 0 rings (SSSR count). The fourth-order valence-electron chi connectivity index (χ4n) is 1.74. The van der Waals surface area contributed by atoms with Crippen molar-refractivity contribution in [1.29, 1.82) is 0 Å². The molecule has 0 heterocycles. The molecule has 0 aliphatic heterocycles. The van der Waals surface area contributed by atoms with Gasteiger partial charge in [0.15, 0.2) is 14.4 Å². The summed E-state index contributed by atoms with van der Waals surface area (Å²) in [5, 5.41) is 0.192. The van der Waals surface area contributed by atoms with Crippen LogP contribution in [-0.2, 0) is 23.5 Å². The molecule has 0 amide bonds. The van der Waals surface area contributed by atoms with Gasteiger partial charge in [0.25, 0.3) is 0 Å². The lowest BCUT2D eigenvalue weighted by Gasteiger charge is -2.36. The first-order chi connectivity index (χ1) is 12.9. The summed E-state index contributed by atoms with van der Waals surface area (Å²) in [5.41, 5.74) is 0.997. The van der Waals surface area contributed by atoms with Gasteiger partial charge in [-0.3, -0.25) is 0 Å². The van der Waals surface area contributed by atoms with Gasteiger partial charge >= 0.3 is 11.9 Å². The van der Waals surface area contributed by atoms with Gasteiger partial charge in [-0.25, -0.2) is 9.59 Å². The Morgan fingerprint density at radius 2 is 1.75 bits per heavy atom. The Labute approximate surface area is 171 Å². The first-order valence-electron chi connectivity index (χ1n) is 9.43. The zero-order chi connectivity index (χ0) is 21.8. The number of terminal acetylenes is 1. The van der Waals surface area contributed by atoms with Crippen molar-refractivity contribution >= 4 is 20.3 Å². The summed E-state index contributed by atoms with van der Waals surface area (Å²) in [6.07, 6.45) is 12.9. The van der Waals surface area contributed by atoms with Gasteiger partial charge in [0.2, 0.25) is 0 Å². The van der Waals surface area contributed by atoms with Crippen molar-refractivity contribution in [3.8, 4) is 12.3 Å². The highest BCUT2D eigenvalue weighted by atomic mass is 28.4. The van der Waals surface area contributed by atoms with E-state index in [4.69, 9.17) is 15.6 Å². The van der Waals surface area contributed by atoms with Gasteiger partial charge in [-0.1, -0.05) is 44.4 Å².